The largest absolute Gasteiger partial charge is 0.493 e. The normalized spacial score (nSPS) is 17.8. The van der Waals surface area contributed by atoms with E-state index >= 15 is 0 Å². The molecule has 3 atom stereocenters. The van der Waals surface area contributed by atoms with E-state index in [-0.39, 0.29) is 6.04 Å². The van der Waals surface area contributed by atoms with Crippen molar-refractivity contribution in [1.82, 2.24) is 4.90 Å². The molecule has 172 valence electrons. The Bertz CT molecular complexity index is 605. The summed E-state index contributed by atoms with van der Waals surface area (Å²) in [4.78, 5) is 2.32. The molecule has 1 fully saturated rings. The van der Waals surface area contributed by atoms with Crippen molar-refractivity contribution in [1.29, 1.82) is 0 Å². The minimum atomic E-state index is -0.472. The maximum atomic E-state index is 10.6. The van der Waals surface area contributed by atoms with Crippen LogP contribution in [0.4, 0.5) is 0 Å². The SMILES string of the molecule is COCCCOc1cc(C[C@@H](C[C@H](N)[C@@H](O)CN2CCCC2)C(C)C)ccc1OC. The van der Waals surface area contributed by atoms with Gasteiger partial charge in [-0.2, -0.15) is 0 Å². The molecule has 0 radical (unpaired) electrons. The van der Waals surface area contributed by atoms with Crippen LogP contribution in [0.1, 0.15) is 45.1 Å². The van der Waals surface area contributed by atoms with E-state index in [1.807, 2.05) is 6.07 Å². The van der Waals surface area contributed by atoms with Crippen LogP contribution in [0.25, 0.3) is 0 Å². The van der Waals surface area contributed by atoms with Gasteiger partial charge in [0.25, 0.3) is 0 Å². The van der Waals surface area contributed by atoms with Crippen LogP contribution < -0.4 is 15.2 Å². The van der Waals surface area contributed by atoms with E-state index in [1.54, 1.807) is 14.2 Å². The van der Waals surface area contributed by atoms with Gasteiger partial charge in [0.1, 0.15) is 0 Å². The van der Waals surface area contributed by atoms with Crippen molar-refractivity contribution in [2.45, 2.75) is 58.1 Å². The highest BCUT2D eigenvalue weighted by Gasteiger charge is 2.25. The van der Waals surface area contributed by atoms with Crippen LogP contribution in [0.5, 0.6) is 11.5 Å². The zero-order valence-electron chi connectivity index (χ0n) is 19.3. The van der Waals surface area contributed by atoms with Crippen molar-refractivity contribution < 1.29 is 19.3 Å². The van der Waals surface area contributed by atoms with Crippen LogP contribution in [0, 0.1) is 11.8 Å². The summed E-state index contributed by atoms with van der Waals surface area (Å²) in [5.74, 6) is 2.38. The van der Waals surface area contributed by atoms with Gasteiger partial charge in [-0.15, -0.1) is 0 Å². The molecule has 0 bridgehead atoms. The second-order valence-corrected chi connectivity index (χ2v) is 8.86. The predicted octanol–water partition coefficient (Wildman–Crippen LogP) is 3.10. The molecule has 30 heavy (non-hydrogen) atoms. The maximum absolute atomic E-state index is 10.6. The Morgan fingerprint density at radius 2 is 1.83 bits per heavy atom. The Morgan fingerprint density at radius 1 is 1.10 bits per heavy atom. The van der Waals surface area contributed by atoms with Crippen molar-refractivity contribution >= 4 is 0 Å². The molecule has 0 amide bonds. The van der Waals surface area contributed by atoms with E-state index < -0.39 is 6.10 Å². The van der Waals surface area contributed by atoms with Crippen LogP contribution in [-0.2, 0) is 11.2 Å². The molecule has 1 saturated heterocycles. The molecule has 1 aliphatic rings. The number of ether oxygens (including phenoxy) is 3. The van der Waals surface area contributed by atoms with E-state index in [1.165, 1.54) is 18.4 Å². The molecular formula is C24H42N2O4. The van der Waals surface area contributed by atoms with Crippen molar-refractivity contribution in [3.05, 3.63) is 23.8 Å². The van der Waals surface area contributed by atoms with E-state index in [0.717, 1.165) is 43.9 Å². The maximum Gasteiger partial charge on any atom is 0.161 e. The van der Waals surface area contributed by atoms with Gasteiger partial charge in [-0.25, -0.2) is 0 Å². The van der Waals surface area contributed by atoms with Crippen molar-refractivity contribution in [2.75, 3.05) is 47.1 Å². The third kappa shape index (κ3) is 8.06. The number of aliphatic hydroxyl groups excluding tert-OH is 1. The number of hydrogen-bond donors (Lipinski definition) is 2. The van der Waals surface area contributed by atoms with Gasteiger partial charge in [-0.1, -0.05) is 19.9 Å². The molecule has 0 spiro atoms. The molecule has 1 aromatic rings. The number of nitrogens with two attached hydrogens (primary N) is 1. The highest BCUT2D eigenvalue weighted by atomic mass is 16.5. The molecular weight excluding hydrogens is 380 g/mol. The number of benzene rings is 1. The van der Waals surface area contributed by atoms with Gasteiger partial charge in [0.2, 0.25) is 0 Å². The lowest BCUT2D eigenvalue weighted by molar-refractivity contribution is 0.0889. The first-order chi connectivity index (χ1) is 14.4. The zero-order valence-corrected chi connectivity index (χ0v) is 19.3. The molecule has 0 saturated carbocycles. The van der Waals surface area contributed by atoms with E-state index in [0.29, 0.717) is 31.6 Å². The average molecular weight is 423 g/mol. The monoisotopic (exact) mass is 422 g/mol. The van der Waals surface area contributed by atoms with Crippen LogP contribution in [0.3, 0.4) is 0 Å². The molecule has 1 aliphatic heterocycles. The first-order valence-corrected chi connectivity index (χ1v) is 11.4. The van der Waals surface area contributed by atoms with E-state index in [2.05, 4.69) is 30.9 Å². The number of aliphatic hydroxyl groups is 1. The number of nitrogens with zero attached hydrogens (tertiary/aromatic N) is 1. The molecule has 6 heteroatoms. The third-order valence-electron chi connectivity index (χ3n) is 6.13. The number of β-amino-alcohol motifs (C(OH)–C–C–N with tert-alkyl or cyclic N) is 1. The van der Waals surface area contributed by atoms with Gasteiger partial charge in [-0.3, -0.25) is 0 Å². The van der Waals surface area contributed by atoms with Gasteiger partial charge < -0.3 is 30.0 Å². The molecule has 1 heterocycles. The van der Waals surface area contributed by atoms with Gasteiger partial charge in [0.15, 0.2) is 11.5 Å². The van der Waals surface area contributed by atoms with Crippen molar-refractivity contribution in [3.63, 3.8) is 0 Å². The minimum absolute atomic E-state index is 0.207. The van der Waals surface area contributed by atoms with Gasteiger partial charge in [0, 0.05) is 32.7 Å². The van der Waals surface area contributed by atoms with Crippen molar-refractivity contribution in [3.8, 4) is 11.5 Å². The van der Waals surface area contributed by atoms with Gasteiger partial charge >= 0.3 is 0 Å². The Kier molecular flexibility index (Phi) is 10.9. The van der Waals surface area contributed by atoms with Gasteiger partial charge in [-0.05, 0) is 68.3 Å². The Morgan fingerprint density at radius 3 is 2.47 bits per heavy atom. The minimum Gasteiger partial charge on any atom is -0.493 e. The molecule has 0 aromatic heterocycles. The Balaban J connectivity index is 1.97. The second kappa shape index (κ2) is 13.2. The molecule has 3 N–H and O–H groups in total. The number of likely N-dealkylation sites (tertiary alicyclic amines) is 1. The van der Waals surface area contributed by atoms with Crippen LogP contribution >= 0.6 is 0 Å². The fourth-order valence-electron chi connectivity index (χ4n) is 4.11. The Labute approximate surface area is 182 Å². The quantitative estimate of drug-likeness (QED) is 0.449. The van der Waals surface area contributed by atoms with Crippen LogP contribution in [-0.4, -0.2) is 69.2 Å². The third-order valence-corrected chi connectivity index (χ3v) is 6.13. The highest BCUT2D eigenvalue weighted by molar-refractivity contribution is 5.43. The summed E-state index contributed by atoms with van der Waals surface area (Å²) in [6.07, 6.45) is 4.53. The topological polar surface area (TPSA) is 77.2 Å². The fraction of sp³-hybridized carbons (Fsp3) is 0.750. The van der Waals surface area contributed by atoms with Crippen LogP contribution in [0.2, 0.25) is 0 Å². The molecule has 0 unspecified atom stereocenters. The summed E-state index contributed by atoms with van der Waals surface area (Å²) in [5, 5.41) is 10.6. The lowest BCUT2D eigenvalue weighted by atomic mass is 9.83. The number of hydrogen-bond acceptors (Lipinski definition) is 6. The zero-order chi connectivity index (χ0) is 21.9. The lowest BCUT2D eigenvalue weighted by Gasteiger charge is -2.29. The summed E-state index contributed by atoms with van der Waals surface area (Å²) in [6, 6.07) is 5.94. The van der Waals surface area contributed by atoms with Crippen LogP contribution in [0.15, 0.2) is 18.2 Å². The lowest BCUT2D eigenvalue weighted by Crippen LogP contribution is -2.44. The molecule has 0 aliphatic carbocycles. The van der Waals surface area contributed by atoms with E-state index in [9.17, 15) is 5.11 Å². The molecule has 2 rings (SSSR count). The summed E-state index contributed by atoms with van der Waals surface area (Å²) < 4.78 is 16.5. The summed E-state index contributed by atoms with van der Waals surface area (Å²) >= 11 is 0. The summed E-state index contributed by atoms with van der Waals surface area (Å²) in [6.45, 7) is 8.58. The summed E-state index contributed by atoms with van der Waals surface area (Å²) in [7, 11) is 3.36. The average Bonchev–Trinajstić information content (AvgIpc) is 3.23. The van der Waals surface area contributed by atoms with Gasteiger partial charge in [0.05, 0.1) is 19.8 Å². The number of methoxy groups -OCH3 is 2. The Hall–Kier alpha value is -1.34. The van der Waals surface area contributed by atoms with E-state index in [4.69, 9.17) is 19.9 Å². The number of rotatable bonds is 14. The first kappa shape index (κ1) is 24.9. The predicted molar refractivity (Wildman–Crippen MR) is 121 cm³/mol. The first-order valence-electron chi connectivity index (χ1n) is 11.4. The van der Waals surface area contributed by atoms with Crippen molar-refractivity contribution in [2.24, 2.45) is 17.6 Å². The smallest absolute Gasteiger partial charge is 0.161 e. The second-order valence-electron chi connectivity index (χ2n) is 8.86. The molecule has 1 aromatic carbocycles. The molecule has 6 nitrogen and oxygen atoms in total. The fourth-order valence-corrected chi connectivity index (χ4v) is 4.11. The summed E-state index contributed by atoms with van der Waals surface area (Å²) in [5.41, 5.74) is 7.63. The highest BCUT2D eigenvalue weighted by Crippen LogP contribution is 2.31. The standard InChI is InChI=1S/C24H42N2O4/c1-18(2)20(16-21(25)22(27)17-26-10-5-6-11-26)14-19-8-9-23(29-4)24(15-19)30-13-7-12-28-3/h8-9,15,18,20-22,27H,5-7,10-14,16-17,25H2,1-4H3/t20-,21-,22-/m0/s1.